The van der Waals surface area contributed by atoms with Gasteiger partial charge < -0.3 is 10.2 Å². The number of carbonyl (C=O) groups excluding carboxylic acids is 2. The molecular formula is C29H33N3O2. The molecule has 1 aromatic heterocycles. The summed E-state index contributed by atoms with van der Waals surface area (Å²) < 4.78 is 0. The van der Waals surface area contributed by atoms with Gasteiger partial charge >= 0.3 is 0 Å². The Bertz CT molecular complexity index is 1080. The average molecular weight is 456 g/mol. The Balaban J connectivity index is 1.82. The van der Waals surface area contributed by atoms with Gasteiger partial charge in [0.25, 0.3) is 5.91 Å². The monoisotopic (exact) mass is 455 g/mol. The number of benzene rings is 2. The largest absolute Gasteiger partial charge is 0.351 e. The fraction of sp³-hybridized carbons (Fsp3) is 0.345. The number of rotatable bonds is 7. The van der Waals surface area contributed by atoms with Crippen molar-refractivity contribution in [3.63, 3.8) is 0 Å². The van der Waals surface area contributed by atoms with Crippen LogP contribution in [0.15, 0.2) is 85.1 Å². The molecule has 1 aliphatic carbocycles. The third-order valence-corrected chi connectivity index (χ3v) is 6.75. The van der Waals surface area contributed by atoms with Gasteiger partial charge in [-0.25, -0.2) is 0 Å². The Labute approximate surface area is 202 Å². The summed E-state index contributed by atoms with van der Waals surface area (Å²) in [7, 11) is 0. The van der Waals surface area contributed by atoms with Crippen LogP contribution < -0.4 is 5.32 Å². The third-order valence-electron chi connectivity index (χ3n) is 6.75. The van der Waals surface area contributed by atoms with E-state index in [4.69, 9.17) is 0 Å². The van der Waals surface area contributed by atoms with Crippen LogP contribution in [0.2, 0.25) is 0 Å². The summed E-state index contributed by atoms with van der Waals surface area (Å²) in [5.74, 6) is -0.386. The highest BCUT2D eigenvalue weighted by Gasteiger charge is 2.43. The fourth-order valence-corrected chi connectivity index (χ4v) is 4.85. The van der Waals surface area contributed by atoms with E-state index >= 15 is 0 Å². The van der Waals surface area contributed by atoms with Gasteiger partial charge in [0.1, 0.15) is 0 Å². The first-order valence-electron chi connectivity index (χ1n) is 12.1. The van der Waals surface area contributed by atoms with Crippen LogP contribution >= 0.6 is 0 Å². The maximum atomic E-state index is 14.1. The molecule has 1 unspecified atom stereocenters. The maximum absolute atomic E-state index is 14.1. The van der Waals surface area contributed by atoms with E-state index in [2.05, 4.69) is 10.3 Å². The zero-order chi connectivity index (χ0) is 24.0. The zero-order valence-electron chi connectivity index (χ0n) is 20.0. The van der Waals surface area contributed by atoms with Crippen LogP contribution in [-0.2, 0) is 10.3 Å². The van der Waals surface area contributed by atoms with Crippen molar-refractivity contribution in [2.75, 3.05) is 0 Å². The Kier molecular flexibility index (Phi) is 7.41. The number of aromatic nitrogens is 1. The molecule has 4 rings (SSSR count). The minimum Gasteiger partial charge on any atom is -0.351 e. The van der Waals surface area contributed by atoms with E-state index in [-0.39, 0.29) is 17.9 Å². The van der Waals surface area contributed by atoms with E-state index < -0.39 is 11.6 Å². The average Bonchev–Trinajstić information content (AvgIpc) is 2.88. The Morgan fingerprint density at radius 2 is 1.50 bits per heavy atom. The lowest BCUT2D eigenvalue weighted by Crippen LogP contribution is -2.53. The van der Waals surface area contributed by atoms with Gasteiger partial charge in [0.05, 0.1) is 11.2 Å². The normalized spacial score (nSPS) is 15.4. The molecule has 1 saturated carbocycles. The van der Waals surface area contributed by atoms with Gasteiger partial charge in [-0.2, -0.15) is 0 Å². The Morgan fingerprint density at radius 1 is 0.882 bits per heavy atom. The molecule has 0 bridgehead atoms. The number of carbonyl (C=O) groups is 2. The SMILES string of the molecule is CC(C)(c1ccccc1)N(C(=O)c1ccccc1)C(C(=O)NC1CCCCC1)c1ccccn1. The summed E-state index contributed by atoms with van der Waals surface area (Å²) in [6.45, 7) is 3.99. The number of hydrogen-bond acceptors (Lipinski definition) is 3. The molecule has 1 fully saturated rings. The number of amides is 2. The van der Waals surface area contributed by atoms with Crippen LogP contribution in [0.4, 0.5) is 0 Å². The van der Waals surface area contributed by atoms with Gasteiger partial charge in [0.15, 0.2) is 6.04 Å². The number of nitrogens with zero attached hydrogens (tertiary/aromatic N) is 2. The molecule has 2 aromatic carbocycles. The molecule has 3 aromatic rings. The zero-order valence-corrected chi connectivity index (χ0v) is 20.0. The van der Waals surface area contributed by atoms with Gasteiger partial charge in [0, 0.05) is 17.8 Å². The molecule has 2 amide bonds. The lowest BCUT2D eigenvalue weighted by molar-refractivity contribution is -0.129. The summed E-state index contributed by atoms with van der Waals surface area (Å²) >= 11 is 0. The highest BCUT2D eigenvalue weighted by molar-refractivity contribution is 5.98. The minimum atomic E-state index is -0.869. The van der Waals surface area contributed by atoms with Crippen molar-refractivity contribution in [1.29, 1.82) is 0 Å². The molecule has 1 atom stereocenters. The summed E-state index contributed by atoms with van der Waals surface area (Å²) in [5, 5.41) is 3.25. The first-order chi connectivity index (χ1) is 16.5. The Hall–Kier alpha value is -3.47. The molecule has 0 spiro atoms. The fourth-order valence-electron chi connectivity index (χ4n) is 4.85. The van der Waals surface area contributed by atoms with Crippen molar-refractivity contribution in [2.45, 2.75) is 63.6 Å². The summed E-state index contributed by atoms with van der Waals surface area (Å²) in [6, 6.07) is 23.8. The predicted molar refractivity (Wildman–Crippen MR) is 134 cm³/mol. The molecule has 1 aliphatic rings. The van der Waals surface area contributed by atoms with Crippen molar-refractivity contribution in [3.8, 4) is 0 Å². The van der Waals surface area contributed by atoms with Gasteiger partial charge in [-0.05, 0) is 56.5 Å². The van der Waals surface area contributed by atoms with E-state index in [1.165, 1.54) is 6.42 Å². The smallest absolute Gasteiger partial charge is 0.255 e. The van der Waals surface area contributed by atoms with Crippen LogP contribution in [0.25, 0.3) is 0 Å². The topological polar surface area (TPSA) is 62.3 Å². The highest BCUT2D eigenvalue weighted by Crippen LogP contribution is 2.37. The van der Waals surface area contributed by atoms with Crippen molar-refractivity contribution >= 4 is 11.8 Å². The third kappa shape index (κ3) is 5.19. The number of pyridine rings is 1. The first kappa shape index (κ1) is 23.7. The molecule has 1 heterocycles. The lowest BCUT2D eigenvalue weighted by atomic mass is 9.88. The molecule has 0 aliphatic heterocycles. The molecule has 1 N–H and O–H groups in total. The summed E-state index contributed by atoms with van der Waals surface area (Å²) in [4.78, 5) is 34.3. The van der Waals surface area contributed by atoms with Crippen LogP contribution in [-0.4, -0.2) is 27.7 Å². The summed E-state index contributed by atoms with van der Waals surface area (Å²) in [6.07, 6.45) is 7.04. The van der Waals surface area contributed by atoms with E-state index in [1.807, 2.05) is 80.6 Å². The van der Waals surface area contributed by atoms with Crippen LogP contribution in [0, 0.1) is 0 Å². The minimum absolute atomic E-state index is 0.126. The van der Waals surface area contributed by atoms with E-state index in [0.717, 1.165) is 31.2 Å². The quantitative estimate of drug-likeness (QED) is 0.501. The molecule has 0 radical (unpaired) electrons. The predicted octanol–water partition coefficient (Wildman–Crippen LogP) is 5.65. The van der Waals surface area contributed by atoms with Crippen molar-refractivity contribution in [1.82, 2.24) is 15.2 Å². The first-order valence-corrected chi connectivity index (χ1v) is 12.1. The highest BCUT2D eigenvalue weighted by atomic mass is 16.2. The molecule has 5 nitrogen and oxygen atoms in total. The standard InChI is InChI=1S/C29H33N3O2/c1-29(2,23-16-8-4-9-17-23)32(28(34)22-14-6-3-7-15-22)26(25-20-12-13-21-30-25)27(33)31-24-18-10-5-11-19-24/h3-4,6-9,12-17,20-21,24,26H,5,10-11,18-19H2,1-2H3,(H,31,33). The van der Waals surface area contributed by atoms with Gasteiger partial charge in [-0.1, -0.05) is 73.9 Å². The van der Waals surface area contributed by atoms with Crippen molar-refractivity contribution < 1.29 is 9.59 Å². The van der Waals surface area contributed by atoms with Gasteiger partial charge in [-0.3, -0.25) is 14.6 Å². The van der Waals surface area contributed by atoms with Crippen LogP contribution in [0.3, 0.4) is 0 Å². The van der Waals surface area contributed by atoms with Crippen molar-refractivity contribution in [3.05, 3.63) is 102 Å². The maximum Gasteiger partial charge on any atom is 0.255 e. The number of hydrogen-bond donors (Lipinski definition) is 1. The Morgan fingerprint density at radius 3 is 2.12 bits per heavy atom. The van der Waals surface area contributed by atoms with E-state index in [0.29, 0.717) is 11.3 Å². The second kappa shape index (κ2) is 10.6. The molecule has 176 valence electrons. The van der Waals surface area contributed by atoms with Crippen LogP contribution in [0.5, 0.6) is 0 Å². The molecule has 5 heteroatoms. The van der Waals surface area contributed by atoms with E-state index in [9.17, 15) is 9.59 Å². The molecular weight excluding hydrogens is 422 g/mol. The lowest BCUT2D eigenvalue weighted by Gasteiger charge is -2.43. The van der Waals surface area contributed by atoms with Crippen LogP contribution in [0.1, 0.15) is 73.6 Å². The molecule has 0 saturated heterocycles. The second-order valence-corrected chi connectivity index (χ2v) is 9.47. The van der Waals surface area contributed by atoms with Gasteiger partial charge in [-0.15, -0.1) is 0 Å². The van der Waals surface area contributed by atoms with Gasteiger partial charge in [0.2, 0.25) is 5.91 Å². The number of nitrogens with one attached hydrogen (secondary N) is 1. The van der Waals surface area contributed by atoms with E-state index in [1.54, 1.807) is 23.2 Å². The second-order valence-electron chi connectivity index (χ2n) is 9.47. The summed E-state index contributed by atoms with van der Waals surface area (Å²) in [5.41, 5.74) is 1.27. The van der Waals surface area contributed by atoms with Crippen molar-refractivity contribution in [2.24, 2.45) is 0 Å². The molecule has 34 heavy (non-hydrogen) atoms.